The molecule has 0 radical (unpaired) electrons. The number of ether oxygens (including phenoxy) is 1. The van der Waals surface area contributed by atoms with Crippen LogP contribution in [-0.4, -0.2) is 50.1 Å². The molecule has 1 aromatic heterocycles. The Bertz CT molecular complexity index is 757. The normalized spacial score (nSPS) is 14.7. The minimum Gasteiger partial charge on any atom is -0.494 e. The summed E-state index contributed by atoms with van der Waals surface area (Å²) in [5.41, 5.74) is 2.02. The summed E-state index contributed by atoms with van der Waals surface area (Å²) in [4.78, 5) is 21.9. The van der Waals surface area contributed by atoms with Gasteiger partial charge in [0.15, 0.2) is 5.13 Å². The molecule has 3 rings (SSSR count). The van der Waals surface area contributed by atoms with Crippen LogP contribution >= 0.6 is 23.7 Å². The Morgan fingerprint density at radius 1 is 1.27 bits per heavy atom. The molecule has 1 amide bonds. The van der Waals surface area contributed by atoms with E-state index in [0.717, 1.165) is 53.3 Å². The fourth-order valence-corrected chi connectivity index (χ4v) is 4.45. The molecule has 1 saturated carbocycles. The quantitative estimate of drug-likeness (QED) is 0.735. The van der Waals surface area contributed by atoms with E-state index in [1.807, 2.05) is 31.1 Å². The van der Waals surface area contributed by atoms with Gasteiger partial charge in [-0.25, -0.2) is 4.98 Å². The average Bonchev–Trinajstić information content (AvgIpc) is 3.25. The zero-order valence-electron chi connectivity index (χ0n) is 15.9. The molecule has 0 spiro atoms. The summed E-state index contributed by atoms with van der Waals surface area (Å²) in [5.74, 6) is 1.15. The molecule has 1 heterocycles. The van der Waals surface area contributed by atoms with E-state index in [9.17, 15) is 4.79 Å². The van der Waals surface area contributed by atoms with Crippen LogP contribution < -0.4 is 9.64 Å². The Morgan fingerprint density at radius 2 is 1.96 bits per heavy atom. The number of rotatable bonds is 6. The number of carbonyl (C=O) groups excluding carboxylic acids is 1. The molecule has 1 aromatic carbocycles. The van der Waals surface area contributed by atoms with Gasteiger partial charge in [0, 0.05) is 19.0 Å². The van der Waals surface area contributed by atoms with Crippen LogP contribution in [-0.2, 0) is 4.79 Å². The van der Waals surface area contributed by atoms with Gasteiger partial charge in [0.05, 0.1) is 11.8 Å². The first-order chi connectivity index (χ1) is 12.0. The minimum atomic E-state index is 0. The lowest BCUT2D eigenvalue weighted by atomic mass is 10.1. The van der Waals surface area contributed by atoms with Crippen molar-refractivity contribution in [3.8, 4) is 5.75 Å². The van der Waals surface area contributed by atoms with E-state index >= 15 is 0 Å². The lowest BCUT2D eigenvalue weighted by Crippen LogP contribution is -2.39. The van der Waals surface area contributed by atoms with Crippen LogP contribution in [0.3, 0.4) is 0 Å². The molecule has 7 heteroatoms. The Balaban J connectivity index is 0.00000243. The van der Waals surface area contributed by atoms with Crippen LogP contribution in [0.15, 0.2) is 12.1 Å². The molecule has 0 bridgehead atoms. The highest BCUT2D eigenvalue weighted by molar-refractivity contribution is 7.22. The van der Waals surface area contributed by atoms with Gasteiger partial charge < -0.3 is 9.64 Å². The smallest absolute Gasteiger partial charge is 0.231 e. The van der Waals surface area contributed by atoms with Gasteiger partial charge in [-0.05, 0) is 45.5 Å². The van der Waals surface area contributed by atoms with E-state index in [1.165, 1.54) is 5.56 Å². The van der Waals surface area contributed by atoms with Gasteiger partial charge in [-0.15, -0.1) is 12.4 Å². The Labute approximate surface area is 165 Å². The molecule has 5 nitrogen and oxygen atoms in total. The van der Waals surface area contributed by atoms with E-state index in [4.69, 9.17) is 9.72 Å². The van der Waals surface area contributed by atoms with Crippen LogP contribution in [0.25, 0.3) is 10.2 Å². The maximum absolute atomic E-state index is 13.1. The number of fused-ring (bicyclic) bond motifs is 1. The van der Waals surface area contributed by atoms with Crippen LogP contribution in [0.4, 0.5) is 5.13 Å². The van der Waals surface area contributed by atoms with E-state index in [0.29, 0.717) is 6.54 Å². The highest BCUT2D eigenvalue weighted by atomic mass is 35.5. The number of anilines is 1. The first kappa shape index (κ1) is 20.9. The SMILES string of the molecule is COc1ccc(C)c2sc(N(CCN(C)C)C(=O)C3CCCC3)nc12.Cl. The maximum atomic E-state index is 13.1. The summed E-state index contributed by atoms with van der Waals surface area (Å²) in [6.07, 6.45) is 4.32. The predicted molar refractivity (Wildman–Crippen MR) is 111 cm³/mol. The van der Waals surface area contributed by atoms with Crippen molar-refractivity contribution in [2.24, 2.45) is 5.92 Å². The number of carbonyl (C=O) groups is 1. The van der Waals surface area contributed by atoms with Crippen molar-refractivity contribution in [3.63, 3.8) is 0 Å². The van der Waals surface area contributed by atoms with Crippen molar-refractivity contribution in [3.05, 3.63) is 17.7 Å². The van der Waals surface area contributed by atoms with E-state index < -0.39 is 0 Å². The number of hydrogen-bond acceptors (Lipinski definition) is 5. The topological polar surface area (TPSA) is 45.7 Å². The fraction of sp³-hybridized carbons (Fsp3) is 0.579. The summed E-state index contributed by atoms with van der Waals surface area (Å²) < 4.78 is 6.57. The molecule has 0 saturated heterocycles. The van der Waals surface area contributed by atoms with Gasteiger partial charge >= 0.3 is 0 Å². The zero-order chi connectivity index (χ0) is 18.0. The number of benzene rings is 1. The summed E-state index contributed by atoms with van der Waals surface area (Å²) in [7, 11) is 5.73. The standard InChI is InChI=1S/C19H27N3O2S.ClH/c1-13-9-10-15(24-4)16-17(13)25-19(20-16)22(12-11-21(2)3)18(23)14-7-5-6-8-14;/h9-10,14H,5-8,11-12H2,1-4H3;1H. The van der Waals surface area contributed by atoms with Gasteiger partial charge in [0.25, 0.3) is 0 Å². The molecule has 1 aliphatic rings. The van der Waals surface area contributed by atoms with E-state index in [2.05, 4.69) is 11.8 Å². The van der Waals surface area contributed by atoms with Crippen LogP contribution in [0.1, 0.15) is 31.2 Å². The molecule has 0 unspecified atom stereocenters. The number of thiazole rings is 1. The summed E-state index contributed by atoms with van der Waals surface area (Å²) in [5, 5.41) is 0.793. The number of amides is 1. The molecule has 1 fully saturated rings. The number of methoxy groups -OCH3 is 1. The molecule has 0 aliphatic heterocycles. The second kappa shape index (κ2) is 9.02. The van der Waals surface area contributed by atoms with Gasteiger partial charge in [-0.2, -0.15) is 0 Å². The van der Waals surface area contributed by atoms with Gasteiger partial charge in [0.1, 0.15) is 11.3 Å². The second-order valence-electron chi connectivity index (χ2n) is 7.03. The Hall–Kier alpha value is -1.37. The summed E-state index contributed by atoms with van der Waals surface area (Å²) in [6.45, 7) is 3.57. The summed E-state index contributed by atoms with van der Waals surface area (Å²) in [6, 6.07) is 4.00. The lowest BCUT2D eigenvalue weighted by molar-refractivity contribution is -0.122. The van der Waals surface area contributed by atoms with Gasteiger partial charge in [-0.1, -0.05) is 30.2 Å². The Kier molecular flexibility index (Phi) is 7.26. The lowest BCUT2D eigenvalue weighted by Gasteiger charge is -2.24. The van der Waals surface area contributed by atoms with Crippen molar-refractivity contribution in [2.45, 2.75) is 32.6 Å². The Morgan fingerprint density at radius 3 is 2.58 bits per heavy atom. The monoisotopic (exact) mass is 397 g/mol. The number of aryl methyl sites for hydroxylation is 1. The largest absolute Gasteiger partial charge is 0.494 e. The first-order valence-electron chi connectivity index (χ1n) is 8.91. The second-order valence-corrected chi connectivity index (χ2v) is 8.01. The van der Waals surface area contributed by atoms with Crippen LogP contribution in [0.2, 0.25) is 0 Å². The molecule has 144 valence electrons. The molecular formula is C19H28ClN3O2S. The highest BCUT2D eigenvalue weighted by Gasteiger charge is 2.30. The fourth-order valence-electron chi connectivity index (χ4n) is 3.37. The third kappa shape index (κ3) is 4.30. The molecule has 26 heavy (non-hydrogen) atoms. The van der Waals surface area contributed by atoms with Crippen molar-refractivity contribution in [1.82, 2.24) is 9.88 Å². The van der Waals surface area contributed by atoms with Crippen molar-refractivity contribution in [2.75, 3.05) is 39.2 Å². The highest BCUT2D eigenvalue weighted by Crippen LogP contribution is 2.37. The third-order valence-electron chi connectivity index (χ3n) is 4.88. The predicted octanol–water partition coefficient (Wildman–Crippen LogP) is 4.12. The number of hydrogen-bond donors (Lipinski definition) is 0. The average molecular weight is 398 g/mol. The maximum Gasteiger partial charge on any atom is 0.231 e. The minimum absolute atomic E-state index is 0. The molecule has 0 atom stereocenters. The van der Waals surface area contributed by atoms with E-state index in [1.54, 1.807) is 18.4 Å². The van der Waals surface area contributed by atoms with Gasteiger partial charge in [0.2, 0.25) is 5.91 Å². The zero-order valence-corrected chi connectivity index (χ0v) is 17.6. The molecule has 0 N–H and O–H groups in total. The van der Waals surface area contributed by atoms with Crippen LogP contribution in [0.5, 0.6) is 5.75 Å². The van der Waals surface area contributed by atoms with Gasteiger partial charge in [-0.3, -0.25) is 9.69 Å². The van der Waals surface area contributed by atoms with Crippen LogP contribution in [0, 0.1) is 12.8 Å². The van der Waals surface area contributed by atoms with Crippen molar-refractivity contribution >= 4 is 45.0 Å². The van der Waals surface area contributed by atoms with Crippen molar-refractivity contribution in [1.29, 1.82) is 0 Å². The first-order valence-corrected chi connectivity index (χ1v) is 9.73. The molecule has 2 aromatic rings. The van der Waals surface area contributed by atoms with Crippen molar-refractivity contribution < 1.29 is 9.53 Å². The number of likely N-dealkylation sites (N-methyl/N-ethyl adjacent to an activating group) is 1. The summed E-state index contributed by atoms with van der Waals surface area (Å²) >= 11 is 1.60. The molecular weight excluding hydrogens is 370 g/mol. The number of aromatic nitrogens is 1. The number of halogens is 1. The molecule has 1 aliphatic carbocycles. The van der Waals surface area contributed by atoms with E-state index in [-0.39, 0.29) is 24.2 Å². The third-order valence-corrected chi connectivity index (χ3v) is 6.10. The number of nitrogens with zero attached hydrogens (tertiary/aromatic N) is 3.